The third-order valence-electron chi connectivity index (χ3n) is 6.17. The van der Waals surface area contributed by atoms with Crippen molar-refractivity contribution in [3.8, 4) is 5.75 Å². The number of hydrogen-bond acceptors (Lipinski definition) is 13. The van der Waals surface area contributed by atoms with Crippen molar-refractivity contribution >= 4 is 24.0 Å². The quantitative estimate of drug-likeness (QED) is 0.116. The number of aromatic hydroxyl groups is 1. The van der Waals surface area contributed by atoms with Crippen molar-refractivity contribution in [1.82, 2.24) is 0 Å². The lowest BCUT2D eigenvalue weighted by Gasteiger charge is -2.41. The molecule has 2 aliphatic rings. The number of rotatable bonds is 10. The molecule has 6 N–H and O–H groups in total. The monoisotopic (exact) mass is 566 g/mol. The maximum absolute atomic E-state index is 12.2. The van der Waals surface area contributed by atoms with Gasteiger partial charge in [-0.2, -0.15) is 0 Å². The molecule has 2 heterocycles. The number of carbonyl (C=O) groups is 3. The third kappa shape index (κ3) is 7.65. The lowest BCUT2D eigenvalue weighted by Crippen LogP contribution is -2.60. The van der Waals surface area contributed by atoms with Crippen LogP contribution in [0.3, 0.4) is 0 Å². The molecule has 1 aromatic rings. The van der Waals surface area contributed by atoms with Crippen molar-refractivity contribution in [2.24, 2.45) is 5.92 Å². The van der Waals surface area contributed by atoms with Gasteiger partial charge in [0.25, 0.3) is 0 Å². The summed E-state index contributed by atoms with van der Waals surface area (Å²) in [7, 11) is 1.11. The molecule has 1 aromatic carbocycles. The van der Waals surface area contributed by atoms with E-state index in [0.717, 1.165) is 19.4 Å². The molecule has 1 saturated heterocycles. The summed E-state index contributed by atoms with van der Waals surface area (Å²) in [6, 6.07) is 6.00. The van der Waals surface area contributed by atoms with Crippen molar-refractivity contribution in [3.05, 3.63) is 59.4 Å². The number of aliphatic hydroxyl groups is 4. The number of carbonyl (C=O) groups excluding carboxylic acids is 2. The minimum Gasteiger partial charge on any atom is -0.508 e. The zero-order chi connectivity index (χ0) is 29.4. The van der Waals surface area contributed by atoms with Crippen LogP contribution < -0.4 is 0 Å². The Labute approximate surface area is 227 Å². The summed E-state index contributed by atoms with van der Waals surface area (Å²) in [6.07, 6.45) is -5.47. The van der Waals surface area contributed by atoms with Crippen molar-refractivity contribution in [2.45, 2.75) is 43.4 Å². The maximum Gasteiger partial charge on any atom is 0.335 e. The van der Waals surface area contributed by atoms with Crippen LogP contribution in [-0.2, 0) is 38.1 Å². The topological polar surface area (TPSA) is 219 Å². The van der Waals surface area contributed by atoms with Crippen LogP contribution >= 0.6 is 0 Å². The van der Waals surface area contributed by atoms with E-state index in [1.54, 1.807) is 12.1 Å². The van der Waals surface area contributed by atoms with Gasteiger partial charge < -0.3 is 54.3 Å². The Morgan fingerprint density at radius 2 is 1.75 bits per heavy atom. The summed E-state index contributed by atoms with van der Waals surface area (Å²) < 4.78 is 26.2. The Balaban J connectivity index is 1.83. The first-order valence-electron chi connectivity index (χ1n) is 12.0. The summed E-state index contributed by atoms with van der Waals surface area (Å²) in [6.45, 7) is -1.14. The van der Waals surface area contributed by atoms with Gasteiger partial charge in [0.15, 0.2) is 6.29 Å². The second kappa shape index (κ2) is 14.0. The van der Waals surface area contributed by atoms with E-state index in [1.807, 2.05) is 0 Å². The van der Waals surface area contributed by atoms with Crippen LogP contribution in [0, 0.1) is 5.92 Å². The van der Waals surface area contributed by atoms with Crippen LogP contribution in [0.25, 0.3) is 6.08 Å². The second-order valence-corrected chi connectivity index (χ2v) is 8.77. The average Bonchev–Trinajstić information content (AvgIpc) is 2.93. The fraction of sp³-hybridized carbons (Fsp3) is 0.423. The molecule has 0 spiro atoms. The van der Waals surface area contributed by atoms with Crippen molar-refractivity contribution in [1.29, 1.82) is 0 Å². The fourth-order valence-electron chi connectivity index (χ4n) is 3.99. The molecule has 7 atom stereocenters. The van der Waals surface area contributed by atoms with E-state index >= 15 is 0 Å². The minimum atomic E-state index is -1.80. The highest BCUT2D eigenvalue weighted by Crippen LogP contribution is 2.36. The van der Waals surface area contributed by atoms with Gasteiger partial charge in [-0.25, -0.2) is 9.59 Å². The Bertz CT molecular complexity index is 1140. The van der Waals surface area contributed by atoms with Gasteiger partial charge in [0, 0.05) is 17.6 Å². The first-order chi connectivity index (χ1) is 19.0. The zero-order valence-corrected chi connectivity index (χ0v) is 21.2. The van der Waals surface area contributed by atoms with Gasteiger partial charge in [0.2, 0.25) is 6.29 Å². The van der Waals surface area contributed by atoms with Crippen LogP contribution in [0.2, 0.25) is 0 Å². The number of carboxylic acid groups (broad SMARTS) is 1. The second-order valence-electron chi connectivity index (χ2n) is 8.77. The summed E-state index contributed by atoms with van der Waals surface area (Å²) in [5, 5.41) is 58.9. The normalized spacial score (nSPS) is 29.5. The number of esters is 2. The van der Waals surface area contributed by atoms with Gasteiger partial charge >= 0.3 is 17.9 Å². The van der Waals surface area contributed by atoms with Crippen LogP contribution in [0.1, 0.15) is 12.0 Å². The van der Waals surface area contributed by atoms with Crippen molar-refractivity contribution in [2.75, 3.05) is 20.3 Å². The molecule has 218 valence electrons. The predicted molar refractivity (Wildman–Crippen MR) is 132 cm³/mol. The molecular formula is C26H30O14. The third-order valence-corrected chi connectivity index (χ3v) is 6.17. The van der Waals surface area contributed by atoms with Gasteiger partial charge in [-0.3, -0.25) is 4.79 Å². The number of carboxylic acids is 1. The smallest absolute Gasteiger partial charge is 0.335 e. The molecule has 1 fully saturated rings. The molecule has 2 aliphatic heterocycles. The average molecular weight is 567 g/mol. The number of benzene rings is 1. The molecule has 0 bridgehead atoms. The van der Waals surface area contributed by atoms with Gasteiger partial charge in [-0.15, -0.1) is 0 Å². The van der Waals surface area contributed by atoms with Gasteiger partial charge in [0.05, 0.1) is 32.0 Å². The molecular weight excluding hydrogens is 536 g/mol. The molecule has 0 aromatic heterocycles. The summed E-state index contributed by atoms with van der Waals surface area (Å²) in [5.74, 6) is -4.09. The van der Waals surface area contributed by atoms with E-state index in [0.29, 0.717) is 5.56 Å². The number of hydrogen-bond donors (Lipinski definition) is 6. The zero-order valence-electron chi connectivity index (χ0n) is 21.2. The standard InChI is InChI=1S/C26H30O14/c1-36-20(30)10-16-15(8-9-37-19(29)7-4-13-2-5-14(28)6-3-13)25(38-12-17(16)24(34)35)40-26-23(33)22(32)21(31)18(11-27)39-26/h2-8,12,16,18,21-23,25-28,31-33H,9-11H2,1H3,(H,34,35)/b7-4-,15-8+/t16-,18+,21+,22-,23+,25-,26-/m0/s1. The molecule has 0 unspecified atom stereocenters. The molecule has 0 saturated carbocycles. The predicted octanol–water partition coefficient (Wildman–Crippen LogP) is -0.804. The van der Waals surface area contributed by atoms with E-state index in [-0.39, 0.29) is 16.9 Å². The lowest BCUT2D eigenvalue weighted by atomic mass is 9.86. The summed E-state index contributed by atoms with van der Waals surface area (Å²) >= 11 is 0. The van der Waals surface area contributed by atoms with Gasteiger partial charge in [-0.05, 0) is 29.8 Å². The van der Waals surface area contributed by atoms with E-state index in [1.165, 1.54) is 24.3 Å². The Morgan fingerprint density at radius 1 is 1.05 bits per heavy atom. The fourth-order valence-corrected chi connectivity index (χ4v) is 3.99. The van der Waals surface area contributed by atoms with Crippen molar-refractivity contribution < 1.29 is 68.7 Å². The first kappa shape index (κ1) is 30.7. The molecule has 0 aliphatic carbocycles. The number of ether oxygens (including phenoxy) is 5. The number of aliphatic carboxylic acids is 1. The molecule has 3 rings (SSSR count). The SMILES string of the molecule is COC(=O)C[C@@H]1C(C(=O)O)=CO[C@@H](O[C@@H]2O[C@H](CO)[C@@H](O)[C@H](O)[C@H]2O)/C1=C/COC(=O)/C=C\c1ccc(O)cc1. The number of phenols is 1. The molecule has 0 radical (unpaired) electrons. The van der Waals surface area contributed by atoms with E-state index in [9.17, 15) is 45.0 Å². The highest BCUT2D eigenvalue weighted by molar-refractivity contribution is 5.89. The Morgan fingerprint density at radius 3 is 2.38 bits per heavy atom. The van der Waals surface area contributed by atoms with E-state index < -0.39 is 80.5 Å². The Hall–Kier alpha value is -3.79. The largest absolute Gasteiger partial charge is 0.508 e. The van der Waals surface area contributed by atoms with Crippen LogP contribution in [0.15, 0.2) is 53.8 Å². The van der Waals surface area contributed by atoms with E-state index in [4.69, 9.17) is 18.9 Å². The van der Waals surface area contributed by atoms with Crippen LogP contribution in [0.4, 0.5) is 0 Å². The molecule has 40 heavy (non-hydrogen) atoms. The van der Waals surface area contributed by atoms with Crippen molar-refractivity contribution in [3.63, 3.8) is 0 Å². The van der Waals surface area contributed by atoms with Gasteiger partial charge in [-0.1, -0.05) is 12.1 Å². The molecule has 14 nitrogen and oxygen atoms in total. The number of phenolic OH excluding ortho intramolecular Hbond substituents is 1. The lowest BCUT2D eigenvalue weighted by molar-refractivity contribution is -0.327. The van der Waals surface area contributed by atoms with E-state index in [2.05, 4.69) is 4.74 Å². The van der Waals surface area contributed by atoms with Crippen LogP contribution in [-0.4, -0.2) is 106 Å². The summed E-state index contributed by atoms with van der Waals surface area (Å²) in [4.78, 5) is 36.2. The Kier molecular flexibility index (Phi) is 10.8. The number of methoxy groups -OCH3 is 1. The highest BCUT2D eigenvalue weighted by Gasteiger charge is 2.46. The summed E-state index contributed by atoms with van der Waals surface area (Å²) in [5.41, 5.74) is 0.262. The maximum atomic E-state index is 12.2. The minimum absolute atomic E-state index is 0.00225. The molecule has 14 heteroatoms. The molecule has 0 amide bonds. The first-order valence-corrected chi connectivity index (χ1v) is 12.0. The van der Waals surface area contributed by atoms with Gasteiger partial charge in [0.1, 0.15) is 36.8 Å². The number of aliphatic hydroxyl groups excluding tert-OH is 4. The highest BCUT2D eigenvalue weighted by atomic mass is 16.8. The van der Waals surface area contributed by atoms with Crippen LogP contribution in [0.5, 0.6) is 5.75 Å².